The summed E-state index contributed by atoms with van der Waals surface area (Å²) in [5.41, 5.74) is 2.34. The lowest BCUT2D eigenvalue weighted by atomic mass is 10.2. The van der Waals surface area contributed by atoms with Gasteiger partial charge in [0.15, 0.2) is 9.84 Å². The maximum absolute atomic E-state index is 12.5. The summed E-state index contributed by atoms with van der Waals surface area (Å²) < 4.78 is 52.3. The molecule has 0 radical (unpaired) electrons. The molecule has 2 heterocycles. The summed E-state index contributed by atoms with van der Waals surface area (Å²) in [6, 6.07) is 14.8. The van der Waals surface area contributed by atoms with Crippen LogP contribution in [0.2, 0.25) is 0 Å². The lowest BCUT2D eigenvalue weighted by molar-refractivity contribution is -0.116. The number of sulfonamides is 1. The number of hydrogen-bond donors (Lipinski definition) is 2. The van der Waals surface area contributed by atoms with Crippen LogP contribution < -0.4 is 10.0 Å². The summed E-state index contributed by atoms with van der Waals surface area (Å²) in [4.78, 5) is 12.3. The van der Waals surface area contributed by atoms with Crippen LogP contribution in [-0.4, -0.2) is 50.1 Å². The van der Waals surface area contributed by atoms with Crippen molar-refractivity contribution < 1.29 is 21.6 Å². The van der Waals surface area contributed by atoms with E-state index >= 15 is 0 Å². The quantitative estimate of drug-likeness (QED) is 0.499. The molecular formula is C22H24N4O5S2. The Morgan fingerprint density at radius 3 is 2.48 bits per heavy atom. The number of carbonyl (C=O) groups excluding carboxylic acids is 1. The second-order valence-electron chi connectivity index (χ2n) is 7.92. The van der Waals surface area contributed by atoms with E-state index in [4.69, 9.17) is 0 Å². The highest BCUT2D eigenvalue weighted by Gasteiger charge is 2.31. The molecule has 3 aromatic rings. The number of nitrogens with one attached hydrogen (secondary N) is 2. The normalized spacial score (nSPS) is 17.6. The highest BCUT2D eigenvalue weighted by Crippen LogP contribution is 2.18. The second kappa shape index (κ2) is 9.46. The number of anilines is 1. The highest BCUT2D eigenvalue weighted by molar-refractivity contribution is 7.92. The molecule has 9 nitrogen and oxygen atoms in total. The number of para-hydroxylation sites is 1. The number of hydrogen-bond acceptors (Lipinski definition) is 6. The predicted molar refractivity (Wildman–Crippen MR) is 124 cm³/mol. The molecule has 1 aliphatic rings. The first-order chi connectivity index (χ1) is 15.7. The van der Waals surface area contributed by atoms with E-state index in [1.54, 1.807) is 10.9 Å². The van der Waals surface area contributed by atoms with Crippen LogP contribution in [0, 0.1) is 0 Å². The molecule has 1 aromatic heterocycles. The molecule has 0 unspecified atom stereocenters. The van der Waals surface area contributed by atoms with Crippen LogP contribution in [0.25, 0.3) is 5.69 Å². The van der Waals surface area contributed by atoms with Gasteiger partial charge in [0.25, 0.3) is 0 Å². The summed E-state index contributed by atoms with van der Waals surface area (Å²) in [6.07, 6.45) is 4.63. The van der Waals surface area contributed by atoms with Crippen molar-refractivity contribution in [3.8, 4) is 5.69 Å². The smallest absolute Gasteiger partial charge is 0.240 e. The molecule has 1 aliphatic heterocycles. The zero-order valence-electron chi connectivity index (χ0n) is 17.7. The Labute approximate surface area is 192 Å². The fourth-order valence-electron chi connectivity index (χ4n) is 3.59. The molecule has 1 atom stereocenters. The van der Waals surface area contributed by atoms with E-state index in [0.717, 1.165) is 11.3 Å². The van der Waals surface area contributed by atoms with Crippen LogP contribution in [0.3, 0.4) is 0 Å². The summed E-state index contributed by atoms with van der Waals surface area (Å²) >= 11 is 0. The topological polar surface area (TPSA) is 127 Å². The van der Waals surface area contributed by atoms with Crippen LogP contribution in [0.15, 0.2) is 71.9 Å². The van der Waals surface area contributed by atoms with Gasteiger partial charge in [-0.25, -0.2) is 26.2 Å². The first kappa shape index (κ1) is 23.1. The van der Waals surface area contributed by atoms with Gasteiger partial charge in [0.2, 0.25) is 15.9 Å². The van der Waals surface area contributed by atoms with Gasteiger partial charge in [-0.15, -0.1) is 0 Å². The van der Waals surface area contributed by atoms with Gasteiger partial charge in [-0.05, 0) is 54.8 Å². The van der Waals surface area contributed by atoms with E-state index in [0.29, 0.717) is 12.1 Å². The van der Waals surface area contributed by atoms with Gasteiger partial charge in [0.05, 0.1) is 28.3 Å². The third kappa shape index (κ3) is 6.06. The molecule has 0 bridgehead atoms. The first-order valence-electron chi connectivity index (χ1n) is 10.4. The first-order valence-corrected chi connectivity index (χ1v) is 13.7. The van der Waals surface area contributed by atoms with Crippen LogP contribution in [-0.2, 0) is 31.1 Å². The largest absolute Gasteiger partial charge is 0.326 e. The summed E-state index contributed by atoms with van der Waals surface area (Å²) in [7, 11) is -7.03. The van der Waals surface area contributed by atoms with Crippen LogP contribution in [0.4, 0.5) is 5.69 Å². The number of aryl methyl sites for hydroxylation is 1. The number of carbonyl (C=O) groups is 1. The van der Waals surface area contributed by atoms with Gasteiger partial charge in [-0.3, -0.25) is 4.79 Å². The van der Waals surface area contributed by atoms with E-state index in [-0.39, 0.29) is 35.2 Å². The van der Waals surface area contributed by atoms with Crippen molar-refractivity contribution in [1.29, 1.82) is 0 Å². The average Bonchev–Trinajstić information content (AvgIpc) is 3.39. The number of nitrogens with zero attached hydrogens (tertiary/aromatic N) is 2. The van der Waals surface area contributed by atoms with Crippen molar-refractivity contribution >= 4 is 31.5 Å². The third-order valence-electron chi connectivity index (χ3n) is 5.30. The maximum atomic E-state index is 12.5. The fraction of sp³-hybridized carbons (Fsp3) is 0.273. The minimum absolute atomic E-state index is 0.0122. The molecule has 0 saturated carbocycles. The van der Waals surface area contributed by atoms with Gasteiger partial charge >= 0.3 is 0 Å². The van der Waals surface area contributed by atoms with Crippen molar-refractivity contribution in [2.75, 3.05) is 16.8 Å². The summed E-state index contributed by atoms with van der Waals surface area (Å²) in [5, 5.41) is 7.07. The molecule has 11 heteroatoms. The Hall–Kier alpha value is -3.02. The molecule has 174 valence electrons. The molecule has 1 fully saturated rings. The molecule has 2 aromatic carbocycles. The third-order valence-corrected chi connectivity index (χ3v) is 8.60. The van der Waals surface area contributed by atoms with Gasteiger partial charge in [-0.1, -0.05) is 18.2 Å². The van der Waals surface area contributed by atoms with E-state index < -0.39 is 25.9 Å². The molecular weight excluding hydrogens is 464 g/mol. The Morgan fingerprint density at radius 2 is 1.82 bits per heavy atom. The predicted octanol–water partition coefficient (Wildman–Crippen LogP) is 1.91. The molecule has 2 N–H and O–H groups in total. The Morgan fingerprint density at radius 1 is 1.09 bits per heavy atom. The van der Waals surface area contributed by atoms with E-state index in [1.807, 2.05) is 36.5 Å². The average molecular weight is 489 g/mol. The van der Waals surface area contributed by atoms with Gasteiger partial charge in [0, 0.05) is 24.3 Å². The molecule has 0 aliphatic carbocycles. The van der Waals surface area contributed by atoms with Crippen molar-refractivity contribution in [2.45, 2.75) is 30.2 Å². The van der Waals surface area contributed by atoms with Crippen molar-refractivity contribution in [3.63, 3.8) is 0 Å². The van der Waals surface area contributed by atoms with Crippen molar-refractivity contribution in [1.82, 2.24) is 14.5 Å². The Balaban J connectivity index is 1.30. The van der Waals surface area contributed by atoms with E-state index in [2.05, 4.69) is 15.1 Å². The number of amides is 1. The molecule has 1 amide bonds. The minimum Gasteiger partial charge on any atom is -0.326 e. The zero-order chi connectivity index (χ0) is 23.5. The summed E-state index contributed by atoms with van der Waals surface area (Å²) in [5.74, 6) is -0.407. The van der Waals surface area contributed by atoms with E-state index in [1.165, 1.54) is 24.3 Å². The van der Waals surface area contributed by atoms with Gasteiger partial charge in [0.1, 0.15) is 0 Å². The fourth-order valence-corrected chi connectivity index (χ4v) is 6.63. The number of benzene rings is 2. The van der Waals surface area contributed by atoms with Gasteiger partial charge < -0.3 is 5.32 Å². The van der Waals surface area contributed by atoms with Crippen LogP contribution >= 0.6 is 0 Å². The van der Waals surface area contributed by atoms with Gasteiger partial charge in [-0.2, -0.15) is 5.10 Å². The molecule has 33 heavy (non-hydrogen) atoms. The standard InChI is InChI=1S/C22H24N4O5S2/c27-22(11-6-17-14-23-26(15-17)20-4-2-1-3-5-20)24-18-7-9-21(10-8-18)33(30,31)25-19-12-13-32(28,29)16-19/h1-5,7-10,14-15,19,25H,6,11-13,16H2,(H,24,27)/t19-/m0/s1. The number of rotatable bonds is 8. The lowest BCUT2D eigenvalue weighted by Crippen LogP contribution is -2.35. The molecule has 1 saturated heterocycles. The monoisotopic (exact) mass is 488 g/mol. The number of aromatic nitrogens is 2. The minimum atomic E-state index is -3.84. The molecule has 4 rings (SSSR count). The maximum Gasteiger partial charge on any atom is 0.240 e. The molecule has 0 spiro atoms. The van der Waals surface area contributed by atoms with E-state index in [9.17, 15) is 21.6 Å². The van der Waals surface area contributed by atoms with Crippen molar-refractivity contribution in [3.05, 3.63) is 72.6 Å². The Kier molecular flexibility index (Phi) is 6.63. The highest BCUT2D eigenvalue weighted by atomic mass is 32.2. The number of sulfone groups is 1. The zero-order valence-corrected chi connectivity index (χ0v) is 19.3. The Bertz CT molecular complexity index is 1330. The summed E-state index contributed by atoms with van der Waals surface area (Å²) in [6.45, 7) is 0. The second-order valence-corrected chi connectivity index (χ2v) is 11.9. The van der Waals surface area contributed by atoms with Crippen LogP contribution in [0.1, 0.15) is 18.4 Å². The van der Waals surface area contributed by atoms with Crippen molar-refractivity contribution in [2.24, 2.45) is 0 Å². The lowest BCUT2D eigenvalue weighted by Gasteiger charge is -2.12. The van der Waals surface area contributed by atoms with Crippen LogP contribution in [0.5, 0.6) is 0 Å². The SMILES string of the molecule is O=C(CCc1cnn(-c2ccccc2)c1)Nc1ccc(S(=O)(=O)N[C@H]2CCS(=O)(=O)C2)cc1.